The van der Waals surface area contributed by atoms with Crippen molar-refractivity contribution in [2.45, 2.75) is 17.9 Å². The lowest BCUT2D eigenvalue weighted by Gasteiger charge is -2.10. The fourth-order valence-corrected chi connectivity index (χ4v) is 1.86. The predicted octanol–water partition coefficient (Wildman–Crippen LogP) is 0.125. The lowest BCUT2D eigenvalue weighted by atomic mass is 10.1. The van der Waals surface area contributed by atoms with Crippen LogP contribution in [0.1, 0.15) is 17.6 Å². The summed E-state index contributed by atoms with van der Waals surface area (Å²) in [5.74, 6) is 0. The van der Waals surface area contributed by atoms with Gasteiger partial charge in [0.1, 0.15) is 4.90 Å². The van der Waals surface area contributed by atoms with E-state index in [4.69, 9.17) is 10.9 Å². The van der Waals surface area contributed by atoms with Gasteiger partial charge in [0.25, 0.3) is 6.43 Å². The molecule has 0 aliphatic heterocycles. The minimum Gasteiger partial charge on any atom is -0.326 e. The van der Waals surface area contributed by atoms with Gasteiger partial charge in [0, 0.05) is 24.5 Å². The van der Waals surface area contributed by atoms with Crippen LogP contribution in [0, 0.1) is 0 Å². The van der Waals surface area contributed by atoms with E-state index in [-0.39, 0.29) is 12.1 Å². The predicted molar refractivity (Wildman–Crippen MR) is 48.5 cm³/mol. The monoisotopic (exact) mass is 237 g/mol. The number of sulfonamides is 1. The van der Waals surface area contributed by atoms with Crippen molar-refractivity contribution >= 4 is 10.0 Å². The molecule has 84 valence electrons. The highest BCUT2D eigenvalue weighted by Crippen LogP contribution is 2.28. The molecule has 0 aliphatic rings. The average Bonchev–Trinajstić information content (AvgIpc) is 2.15. The van der Waals surface area contributed by atoms with E-state index in [1.54, 1.807) is 0 Å². The molecule has 0 saturated heterocycles. The number of halogens is 2. The molecule has 0 spiro atoms. The molecule has 0 unspecified atom stereocenters. The molecule has 4 N–H and O–H groups in total. The Morgan fingerprint density at radius 2 is 2.00 bits per heavy atom. The highest BCUT2D eigenvalue weighted by molar-refractivity contribution is 7.89. The Hall–Kier alpha value is -1.12. The van der Waals surface area contributed by atoms with Gasteiger partial charge < -0.3 is 5.73 Å². The second-order valence-electron chi connectivity index (χ2n) is 2.76. The Kier molecular flexibility index (Phi) is 3.32. The molecule has 0 fully saturated rings. The zero-order chi connectivity index (χ0) is 11.6. The SMILES string of the molecule is NCc1cncc(S(N)(=O)=O)c1C(F)F. The van der Waals surface area contributed by atoms with Gasteiger partial charge in [-0.05, 0) is 5.56 Å². The van der Waals surface area contributed by atoms with E-state index in [0.717, 1.165) is 12.4 Å². The van der Waals surface area contributed by atoms with Gasteiger partial charge in [-0.15, -0.1) is 0 Å². The third-order valence-electron chi connectivity index (χ3n) is 1.78. The molecule has 1 rings (SSSR count). The molecular weight excluding hydrogens is 228 g/mol. The van der Waals surface area contributed by atoms with Crippen LogP contribution in [0.4, 0.5) is 8.78 Å². The minimum atomic E-state index is -4.21. The van der Waals surface area contributed by atoms with Crippen molar-refractivity contribution in [2.24, 2.45) is 10.9 Å². The molecule has 0 atom stereocenters. The van der Waals surface area contributed by atoms with Gasteiger partial charge in [-0.2, -0.15) is 0 Å². The molecule has 15 heavy (non-hydrogen) atoms. The number of hydrogen-bond donors (Lipinski definition) is 2. The summed E-state index contributed by atoms with van der Waals surface area (Å²) in [6, 6.07) is 0. The Balaban J connectivity index is 3.53. The molecule has 0 bridgehead atoms. The van der Waals surface area contributed by atoms with Crippen LogP contribution in [-0.4, -0.2) is 13.4 Å². The molecule has 1 heterocycles. The molecule has 0 saturated carbocycles. The van der Waals surface area contributed by atoms with Crippen LogP contribution in [0.5, 0.6) is 0 Å². The summed E-state index contributed by atoms with van der Waals surface area (Å²) < 4.78 is 47.2. The third kappa shape index (κ3) is 2.46. The van der Waals surface area contributed by atoms with Gasteiger partial charge in [0.05, 0.1) is 0 Å². The standard InChI is InChI=1S/C7H9F2N3O2S/c8-7(9)6-4(1-10)2-12-3-5(6)15(11,13)14/h2-3,7H,1,10H2,(H2,11,13,14). The summed E-state index contributed by atoms with van der Waals surface area (Å²) in [7, 11) is -4.21. The number of nitrogens with two attached hydrogens (primary N) is 2. The average molecular weight is 237 g/mol. The molecular formula is C7H9F2N3O2S. The largest absolute Gasteiger partial charge is 0.326 e. The summed E-state index contributed by atoms with van der Waals surface area (Å²) in [4.78, 5) is 2.81. The highest BCUT2D eigenvalue weighted by Gasteiger charge is 2.23. The van der Waals surface area contributed by atoms with E-state index in [1.165, 1.54) is 0 Å². The van der Waals surface area contributed by atoms with Crippen LogP contribution < -0.4 is 10.9 Å². The molecule has 0 amide bonds. The zero-order valence-corrected chi connectivity index (χ0v) is 8.34. The summed E-state index contributed by atoms with van der Waals surface area (Å²) >= 11 is 0. The fourth-order valence-electron chi connectivity index (χ4n) is 1.13. The maximum absolute atomic E-state index is 12.6. The van der Waals surface area contributed by atoms with E-state index < -0.39 is 26.9 Å². The number of pyridine rings is 1. The molecule has 8 heteroatoms. The number of alkyl halides is 2. The first kappa shape index (κ1) is 12.0. The lowest BCUT2D eigenvalue weighted by Crippen LogP contribution is -2.17. The first-order valence-corrected chi connectivity index (χ1v) is 5.40. The number of nitrogens with zero attached hydrogens (tertiary/aromatic N) is 1. The van der Waals surface area contributed by atoms with E-state index in [2.05, 4.69) is 4.98 Å². The molecule has 1 aromatic heterocycles. The summed E-state index contributed by atoms with van der Waals surface area (Å²) in [6.45, 7) is -0.226. The second kappa shape index (κ2) is 4.17. The minimum absolute atomic E-state index is 0.0310. The Labute approximate surface area is 85.2 Å². The van der Waals surface area contributed by atoms with Gasteiger partial charge in [-0.25, -0.2) is 22.3 Å². The van der Waals surface area contributed by atoms with Crippen molar-refractivity contribution in [1.29, 1.82) is 0 Å². The van der Waals surface area contributed by atoms with Crippen LogP contribution in [0.3, 0.4) is 0 Å². The summed E-state index contributed by atoms with van der Waals surface area (Å²) in [5, 5.41) is 4.78. The van der Waals surface area contributed by atoms with Crippen molar-refractivity contribution in [3.63, 3.8) is 0 Å². The van der Waals surface area contributed by atoms with Gasteiger partial charge >= 0.3 is 0 Å². The smallest absolute Gasteiger partial charge is 0.265 e. The fraction of sp³-hybridized carbons (Fsp3) is 0.286. The van der Waals surface area contributed by atoms with Crippen molar-refractivity contribution in [3.8, 4) is 0 Å². The quantitative estimate of drug-likeness (QED) is 0.780. The van der Waals surface area contributed by atoms with Gasteiger partial charge in [-0.3, -0.25) is 4.98 Å². The highest BCUT2D eigenvalue weighted by atomic mass is 32.2. The van der Waals surface area contributed by atoms with Crippen LogP contribution in [0.25, 0.3) is 0 Å². The van der Waals surface area contributed by atoms with Crippen LogP contribution >= 0.6 is 0 Å². The van der Waals surface area contributed by atoms with Crippen LogP contribution in [-0.2, 0) is 16.6 Å². The molecule has 1 aromatic rings. The molecule has 0 radical (unpaired) electrons. The molecule has 5 nitrogen and oxygen atoms in total. The third-order valence-corrected chi connectivity index (χ3v) is 2.72. The normalized spacial score (nSPS) is 12.1. The maximum Gasteiger partial charge on any atom is 0.265 e. The first-order valence-electron chi connectivity index (χ1n) is 3.85. The van der Waals surface area contributed by atoms with Crippen molar-refractivity contribution in [1.82, 2.24) is 4.98 Å². The number of primary sulfonamides is 1. The number of hydrogen-bond acceptors (Lipinski definition) is 4. The van der Waals surface area contributed by atoms with E-state index >= 15 is 0 Å². The van der Waals surface area contributed by atoms with E-state index in [9.17, 15) is 17.2 Å². The number of rotatable bonds is 3. The second-order valence-corrected chi connectivity index (χ2v) is 4.29. The Morgan fingerprint density at radius 3 is 2.40 bits per heavy atom. The molecule has 0 aromatic carbocycles. The Bertz CT molecular complexity index is 461. The summed E-state index contributed by atoms with van der Waals surface area (Å²) in [5.41, 5.74) is 4.49. The van der Waals surface area contributed by atoms with Gasteiger partial charge in [0.2, 0.25) is 10.0 Å². The van der Waals surface area contributed by atoms with Crippen molar-refractivity contribution in [2.75, 3.05) is 0 Å². The Morgan fingerprint density at radius 1 is 1.40 bits per heavy atom. The lowest BCUT2D eigenvalue weighted by molar-refractivity contribution is 0.146. The zero-order valence-electron chi connectivity index (χ0n) is 7.52. The van der Waals surface area contributed by atoms with E-state index in [1.807, 2.05) is 0 Å². The topological polar surface area (TPSA) is 99.1 Å². The van der Waals surface area contributed by atoms with Gasteiger partial charge in [-0.1, -0.05) is 0 Å². The van der Waals surface area contributed by atoms with Crippen molar-refractivity contribution < 1.29 is 17.2 Å². The van der Waals surface area contributed by atoms with Gasteiger partial charge in [0.15, 0.2) is 0 Å². The van der Waals surface area contributed by atoms with Crippen molar-refractivity contribution in [3.05, 3.63) is 23.5 Å². The van der Waals surface area contributed by atoms with Crippen LogP contribution in [0.2, 0.25) is 0 Å². The maximum atomic E-state index is 12.6. The summed E-state index contributed by atoms with van der Waals surface area (Å²) in [6.07, 6.45) is -1.08. The van der Waals surface area contributed by atoms with E-state index in [0.29, 0.717) is 0 Å². The number of aromatic nitrogens is 1. The van der Waals surface area contributed by atoms with Crippen LogP contribution in [0.15, 0.2) is 17.3 Å². The molecule has 0 aliphatic carbocycles. The first-order chi connectivity index (χ1) is 6.88.